The van der Waals surface area contributed by atoms with Crippen LogP contribution in [0.15, 0.2) is 18.2 Å². The summed E-state index contributed by atoms with van der Waals surface area (Å²) in [7, 11) is 0. The number of benzene rings is 1. The summed E-state index contributed by atoms with van der Waals surface area (Å²) in [6, 6.07) is 5.38. The summed E-state index contributed by atoms with van der Waals surface area (Å²) in [5.41, 5.74) is 1.77. The zero-order chi connectivity index (χ0) is 14.7. The Balaban J connectivity index is 2.35. The van der Waals surface area contributed by atoms with E-state index in [1.807, 2.05) is 19.9 Å². The number of hydrogen-bond donors (Lipinski definition) is 1. The lowest BCUT2D eigenvalue weighted by molar-refractivity contribution is -0.384. The van der Waals surface area contributed by atoms with Crippen molar-refractivity contribution in [2.45, 2.75) is 32.9 Å². The summed E-state index contributed by atoms with van der Waals surface area (Å²) in [5.74, 6) is 0. The fourth-order valence-electron chi connectivity index (χ4n) is 2.44. The zero-order valence-electron chi connectivity index (χ0n) is 12.1. The lowest BCUT2D eigenvalue weighted by Gasteiger charge is -2.38. The maximum absolute atomic E-state index is 11.1. The van der Waals surface area contributed by atoms with Crippen molar-refractivity contribution < 1.29 is 9.66 Å². The fraction of sp³-hybridized carbons (Fsp3) is 0.571. The van der Waals surface area contributed by atoms with Crippen LogP contribution >= 0.6 is 0 Å². The first-order chi connectivity index (χ1) is 9.51. The number of nitro groups is 1. The molecule has 0 amide bonds. The average Bonchev–Trinajstić information content (AvgIpc) is 2.41. The summed E-state index contributed by atoms with van der Waals surface area (Å²) in [5, 5.41) is 14.2. The highest BCUT2D eigenvalue weighted by molar-refractivity contribution is 5.65. The van der Waals surface area contributed by atoms with E-state index in [0.29, 0.717) is 6.61 Å². The molecule has 0 bridgehead atoms. The van der Waals surface area contributed by atoms with Gasteiger partial charge in [-0.3, -0.25) is 10.1 Å². The molecule has 0 spiro atoms. The van der Waals surface area contributed by atoms with Crippen LogP contribution in [-0.2, 0) is 4.74 Å². The molecule has 0 radical (unpaired) electrons. The predicted octanol–water partition coefficient (Wildman–Crippen LogP) is 2.64. The molecule has 0 saturated carbocycles. The SMILES string of the molecule is CCNc1cc(N2CC(C)OCC2C)cc([N+](=O)[O-])c1. The Labute approximate surface area is 118 Å². The third kappa shape index (κ3) is 3.19. The van der Waals surface area contributed by atoms with Crippen LogP contribution in [0.25, 0.3) is 0 Å². The summed E-state index contributed by atoms with van der Waals surface area (Å²) >= 11 is 0. The van der Waals surface area contributed by atoms with E-state index >= 15 is 0 Å². The van der Waals surface area contributed by atoms with Crippen molar-refractivity contribution in [3.05, 3.63) is 28.3 Å². The molecule has 0 aromatic heterocycles. The molecule has 110 valence electrons. The molecular weight excluding hydrogens is 258 g/mol. The number of nitrogens with one attached hydrogen (secondary N) is 1. The smallest absolute Gasteiger partial charge is 0.273 e. The van der Waals surface area contributed by atoms with Gasteiger partial charge in [-0.15, -0.1) is 0 Å². The van der Waals surface area contributed by atoms with Crippen molar-refractivity contribution in [2.75, 3.05) is 29.9 Å². The molecule has 2 rings (SSSR count). The molecule has 1 fully saturated rings. The minimum Gasteiger partial charge on any atom is -0.385 e. The van der Waals surface area contributed by atoms with E-state index in [1.165, 1.54) is 0 Å². The second kappa shape index (κ2) is 6.09. The van der Waals surface area contributed by atoms with Gasteiger partial charge in [-0.25, -0.2) is 0 Å². The van der Waals surface area contributed by atoms with E-state index in [2.05, 4.69) is 17.1 Å². The summed E-state index contributed by atoms with van der Waals surface area (Å²) in [6.07, 6.45) is 0.132. The third-order valence-electron chi connectivity index (χ3n) is 3.43. The fourth-order valence-corrected chi connectivity index (χ4v) is 2.44. The number of non-ortho nitro benzene ring substituents is 1. The van der Waals surface area contributed by atoms with E-state index in [-0.39, 0.29) is 22.8 Å². The molecule has 1 saturated heterocycles. The highest BCUT2D eigenvalue weighted by Crippen LogP contribution is 2.29. The first kappa shape index (κ1) is 14.6. The Morgan fingerprint density at radius 2 is 2.20 bits per heavy atom. The highest BCUT2D eigenvalue weighted by Gasteiger charge is 2.25. The monoisotopic (exact) mass is 279 g/mol. The third-order valence-corrected chi connectivity index (χ3v) is 3.43. The van der Waals surface area contributed by atoms with Gasteiger partial charge in [0.2, 0.25) is 0 Å². The quantitative estimate of drug-likeness (QED) is 0.678. The largest absolute Gasteiger partial charge is 0.385 e. The van der Waals surface area contributed by atoms with Crippen LogP contribution in [0.4, 0.5) is 17.1 Å². The van der Waals surface area contributed by atoms with Gasteiger partial charge < -0.3 is 15.0 Å². The number of nitrogens with zero attached hydrogens (tertiary/aromatic N) is 2. The van der Waals surface area contributed by atoms with Crippen molar-refractivity contribution in [3.63, 3.8) is 0 Å². The van der Waals surface area contributed by atoms with Crippen LogP contribution in [0.2, 0.25) is 0 Å². The van der Waals surface area contributed by atoms with Gasteiger partial charge in [0.15, 0.2) is 0 Å². The van der Waals surface area contributed by atoms with Crippen LogP contribution in [0.5, 0.6) is 0 Å². The molecule has 1 heterocycles. The van der Waals surface area contributed by atoms with Gasteiger partial charge in [0.25, 0.3) is 5.69 Å². The molecule has 1 N–H and O–H groups in total. The van der Waals surface area contributed by atoms with Crippen molar-refractivity contribution in [1.82, 2.24) is 0 Å². The first-order valence-corrected chi connectivity index (χ1v) is 6.93. The molecule has 1 aromatic carbocycles. The number of hydrogen-bond acceptors (Lipinski definition) is 5. The van der Waals surface area contributed by atoms with Crippen LogP contribution < -0.4 is 10.2 Å². The van der Waals surface area contributed by atoms with Gasteiger partial charge in [-0.2, -0.15) is 0 Å². The lowest BCUT2D eigenvalue weighted by atomic mass is 10.1. The van der Waals surface area contributed by atoms with Crippen LogP contribution in [0, 0.1) is 10.1 Å². The molecule has 0 aliphatic carbocycles. The number of anilines is 2. The van der Waals surface area contributed by atoms with Gasteiger partial charge in [-0.05, 0) is 26.8 Å². The van der Waals surface area contributed by atoms with E-state index in [4.69, 9.17) is 4.74 Å². The van der Waals surface area contributed by atoms with Gasteiger partial charge in [-0.1, -0.05) is 0 Å². The molecule has 1 aliphatic heterocycles. The Morgan fingerprint density at radius 1 is 1.45 bits per heavy atom. The Bertz CT molecular complexity index is 493. The molecular formula is C14H21N3O3. The number of morpholine rings is 1. The second-order valence-electron chi connectivity index (χ2n) is 5.17. The molecule has 1 aliphatic rings. The zero-order valence-corrected chi connectivity index (χ0v) is 12.1. The predicted molar refractivity (Wildman–Crippen MR) is 79.5 cm³/mol. The number of ether oxygens (including phenoxy) is 1. The van der Waals surface area contributed by atoms with Crippen LogP contribution in [0.1, 0.15) is 20.8 Å². The van der Waals surface area contributed by atoms with E-state index in [0.717, 1.165) is 24.5 Å². The molecule has 20 heavy (non-hydrogen) atoms. The van der Waals surface area contributed by atoms with E-state index < -0.39 is 0 Å². The topological polar surface area (TPSA) is 67.6 Å². The Hall–Kier alpha value is -1.82. The molecule has 2 atom stereocenters. The van der Waals surface area contributed by atoms with Crippen LogP contribution in [-0.4, -0.2) is 36.8 Å². The van der Waals surface area contributed by atoms with Gasteiger partial charge in [0.1, 0.15) is 0 Å². The van der Waals surface area contributed by atoms with E-state index in [1.54, 1.807) is 12.1 Å². The summed E-state index contributed by atoms with van der Waals surface area (Å²) in [4.78, 5) is 12.9. The summed E-state index contributed by atoms with van der Waals surface area (Å²) < 4.78 is 5.61. The minimum atomic E-state index is -0.348. The molecule has 1 aromatic rings. The summed E-state index contributed by atoms with van der Waals surface area (Å²) in [6.45, 7) is 8.17. The van der Waals surface area contributed by atoms with Crippen molar-refractivity contribution in [1.29, 1.82) is 0 Å². The highest BCUT2D eigenvalue weighted by atomic mass is 16.6. The minimum absolute atomic E-state index is 0.116. The van der Waals surface area contributed by atoms with Gasteiger partial charge in [0.05, 0.1) is 17.6 Å². The second-order valence-corrected chi connectivity index (χ2v) is 5.17. The van der Waals surface area contributed by atoms with E-state index in [9.17, 15) is 10.1 Å². The number of rotatable bonds is 4. The van der Waals surface area contributed by atoms with Crippen molar-refractivity contribution in [3.8, 4) is 0 Å². The molecule has 2 unspecified atom stereocenters. The normalized spacial score (nSPS) is 22.6. The Kier molecular flexibility index (Phi) is 4.44. The molecule has 6 nitrogen and oxygen atoms in total. The van der Waals surface area contributed by atoms with Crippen molar-refractivity contribution in [2.24, 2.45) is 0 Å². The van der Waals surface area contributed by atoms with Crippen molar-refractivity contribution >= 4 is 17.1 Å². The van der Waals surface area contributed by atoms with Gasteiger partial charge >= 0.3 is 0 Å². The Morgan fingerprint density at radius 3 is 2.85 bits per heavy atom. The molecule has 6 heteroatoms. The maximum atomic E-state index is 11.1. The average molecular weight is 279 g/mol. The number of nitro benzene ring substituents is 1. The maximum Gasteiger partial charge on any atom is 0.273 e. The first-order valence-electron chi connectivity index (χ1n) is 6.93. The standard InChI is InChI=1S/C14H21N3O3/c1-4-15-12-5-13(7-14(6-12)17(18)19)16-8-11(3)20-9-10(16)2/h5-7,10-11,15H,4,8-9H2,1-3H3. The lowest BCUT2D eigenvalue weighted by Crippen LogP contribution is -2.47. The van der Waals surface area contributed by atoms with Crippen LogP contribution in [0.3, 0.4) is 0 Å². The van der Waals surface area contributed by atoms with Gasteiger partial charge in [0, 0.05) is 42.6 Å².